The molecule has 1 fully saturated rings. The molecule has 2 rings (SSSR count). The van der Waals surface area contributed by atoms with Crippen molar-refractivity contribution in [3.05, 3.63) is 11.8 Å². The quantitative estimate of drug-likeness (QED) is 0.875. The number of anilines is 1. The van der Waals surface area contributed by atoms with Gasteiger partial charge in [0.25, 0.3) is 0 Å². The first-order chi connectivity index (χ1) is 8.19. The van der Waals surface area contributed by atoms with E-state index in [-0.39, 0.29) is 0 Å². The molecule has 1 saturated carbocycles. The summed E-state index contributed by atoms with van der Waals surface area (Å²) in [4.78, 5) is 8.19. The lowest BCUT2D eigenvalue weighted by Gasteiger charge is -2.30. The third-order valence-corrected chi connectivity index (χ3v) is 3.48. The van der Waals surface area contributed by atoms with Gasteiger partial charge in [-0.3, -0.25) is 0 Å². The normalized spacial score (nSPS) is 24.6. The Morgan fingerprint density at radius 1 is 1.35 bits per heavy atom. The molecule has 4 nitrogen and oxygen atoms in total. The summed E-state index contributed by atoms with van der Waals surface area (Å²) in [6.45, 7) is 4.13. The molecule has 1 heterocycles. The van der Waals surface area contributed by atoms with Crippen molar-refractivity contribution in [2.75, 3.05) is 5.73 Å². The van der Waals surface area contributed by atoms with Crippen LogP contribution in [0.4, 0.5) is 5.95 Å². The summed E-state index contributed by atoms with van der Waals surface area (Å²) < 4.78 is 5.99. The standard InChI is InChI=1S/C13H21N3O/c1-3-10-6-4-5-7-11(10)17-12-8-9(2)15-13(14)16-12/h8,10-11H,3-7H2,1-2H3,(H2,14,15,16). The minimum atomic E-state index is 0.294. The number of rotatable bonds is 3. The van der Waals surface area contributed by atoms with Gasteiger partial charge in [0.1, 0.15) is 6.10 Å². The molecule has 0 radical (unpaired) electrons. The highest BCUT2D eigenvalue weighted by Gasteiger charge is 2.25. The molecule has 0 spiro atoms. The van der Waals surface area contributed by atoms with Gasteiger partial charge in [-0.05, 0) is 38.5 Å². The Hall–Kier alpha value is -1.32. The predicted molar refractivity (Wildman–Crippen MR) is 67.8 cm³/mol. The number of hydrogen-bond donors (Lipinski definition) is 1. The van der Waals surface area contributed by atoms with Gasteiger partial charge in [0.05, 0.1) is 0 Å². The third-order valence-electron chi connectivity index (χ3n) is 3.48. The Bertz CT molecular complexity index is 361. The number of ether oxygens (including phenoxy) is 1. The first kappa shape index (κ1) is 12.1. The summed E-state index contributed by atoms with van der Waals surface area (Å²) in [5.74, 6) is 1.57. The van der Waals surface area contributed by atoms with Crippen LogP contribution in [0.2, 0.25) is 0 Å². The van der Waals surface area contributed by atoms with Crippen LogP contribution in [0.5, 0.6) is 5.88 Å². The van der Waals surface area contributed by atoms with Crippen molar-refractivity contribution in [2.45, 2.75) is 52.1 Å². The molecule has 1 aromatic rings. The van der Waals surface area contributed by atoms with Crippen LogP contribution in [0.3, 0.4) is 0 Å². The maximum atomic E-state index is 5.99. The average Bonchev–Trinajstić information content (AvgIpc) is 2.28. The van der Waals surface area contributed by atoms with Crippen molar-refractivity contribution in [3.63, 3.8) is 0 Å². The van der Waals surface area contributed by atoms with Gasteiger partial charge in [0.2, 0.25) is 11.8 Å². The molecule has 94 valence electrons. The van der Waals surface area contributed by atoms with Crippen LogP contribution >= 0.6 is 0 Å². The number of nitrogen functional groups attached to an aromatic ring is 1. The van der Waals surface area contributed by atoms with Crippen molar-refractivity contribution in [1.82, 2.24) is 9.97 Å². The van der Waals surface area contributed by atoms with Crippen LogP contribution in [-0.4, -0.2) is 16.1 Å². The Kier molecular flexibility index (Phi) is 3.82. The summed E-state index contributed by atoms with van der Waals surface area (Å²) in [7, 11) is 0. The zero-order valence-electron chi connectivity index (χ0n) is 10.6. The Morgan fingerprint density at radius 2 is 2.12 bits per heavy atom. The van der Waals surface area contributed by atoms with Gasteiger partial charge in [0.15, 0.2) is 0 Å². The van der Waals surface area contributed by atoms with Gasteiger partial charge >= 0.3 is 0 Å². The summed E-state index contributed by atoms with van der Waals surface area (Å²) in [5, 5.41) is 0. The Balaban J connectivity index is 2.08. The second kappa shape index (κ2) is 5.34. The Labute approximate surface area is 103 Å². The van der Waals surface area contributed by atoms with Crippen molar-refractivity contribution in [2.24, 2.45) is 5.92 Å². The predicted octanol–water partition coefficient (Wildman–Crippen LogP) is 2.71. The van der Waals surface area contributed by atoms with E-state index in [1.807, 2.05) is 13.0 Å². The zero-order chi connectivity index (χ0) is 12.3. The van der Waals surface area contributed by atoms with E-state index in [2.05, 4.69) is 16.9 Å². The van der Waals surface area contributed by atoms with E-state index < -0.39 is 0 Å². The molecular weight excluding hydrogens is 214 g/mol. The van der Waals surface area contributed by atoms with Crippen molar-refractivity contribution in [3.8, 4) is 5.88 Å². The third kappa shape index (κ3) is 3.08. The zero-order valence-corrected chi connectivity index (χ0v) is 10.6. The highest BCUT2D eigenvalue weighted by molar-refractivity contribution is 5.25. The number of nitrogens with two attached hydrogens (primary N) is 1. The van der Waals surface area contributed by atoms with E-state index in [0.717, 1.165) is 12.1 Å². The first-order valence-corrected chi connectivity index (χ1v) is 6.47. The highest BCUT2D eigenvalue weighted by Crippen LogP contribution is 2.30. The summed E-state index contributed by atoms with van der Waals surface area (Å²) in [6, 6.07) is 1.86. The van der Waals surface area contributed by atoms with E-state index >= 15 is 0 Å². The topological polar surface area (TPSA) is 61.0 Å². The molecule has 17 heavy (non-hydrogen) atoms. The molecule has 1 aliphatic rings. The van der Waals surface area contributed by atoms with Gasteiger partial charge in [-0.25, -0.2) is 4.98 Å². The SMILES string of the molecule is CCC1CCCCC1Oc1cc(C)nc(N)n1. The number of aromatic nitrogens is 2. The summed E-state index contributed by atoms with van der Waals surface area (Å²) in [5.41, 5.74) is 6.49. The molecule has 0 amide bonds. The van der Waals surface area contributed by atoms with E-state index in [9.17, 15) is 0 Å². The second-order valence-electron chi connectivity index (χ2n) is 4.81. The molecule has 0 aromatic carbocycles. The Morgan fingerprint density at radius 3 is 2.82 bits per heavy atom. The molecule has 2 unspecified atom stereocenters. The van der Waals surface area contributed by atoms with Crippen LogP contribution in [0.25, 0.3) is 0 Å². The monoisotopic (exact) mass is 235 g/mol. The van der Waals surface area contributed by atoms with Crippen molar-refractivity contribution >= 4 is 5.95 Å². The fraction of sp³-hybridized carbons (Fsp3) is 0.692. The smallest absolute Gasteiger partial charge is 0.223 e. The lowest BCUT2D eigenvalue weighted by atomic mass is 9.85. The maximum Gasteiger partial charge on any atom is 0.223 e. The van der Waals surface area contributed by atoms with E-state index in [0.29, 0.717) is 23.9 Å². The molecule has 2 N–H and O–H groups in total. The fourth-order valence-corrected chi connectivity index (χ4v) is 2.57. The highest BCUT2D eigenvalue weighted by atomic mass is 16.5. The van der Waals surface area contributed by atoms with Crippen LogP contribution in [0, 0.1) is 12.8 Å². The average molecular weight is 235 g/mol. The van der Waals surface area contributed by atoms with E-state index in [4.69, 9.17) is 10.5 Å². The lowest BCUT2D eigenvalue weighted by molar-refractivity contribution is 0.0858. The summed E-state index contributed by atoms with van der Waals surface area (Å²) >= 11 is 0. The van der Waals surface area contributed by atoms with Gasteiger partial charge < -0.3 is 10.5 Å². The van der Waals surface area contributed by atoms with Crippen LogP contribution < -0.4 is 10.5 Å². The molecule has 1 aromatic heterocycles. The lowest BCUT2D eigenvalue weighted by Crippen LogP contribution is -2.30. The van der Waals surface area contributed by atoms with Gasteiger partial charge in [-0.1, -0.05) is 13.3 Å². The van der Waals surface area contributed by atoms with E-state index in [1.165, 1.54) is 25.7 Å². The maximum absolute atomic E-state index is 5.99. The molecular formula is C13H21N3O. The molecule has 2 atom stereocenters. The van der Waals surface area contributed by atoms with Crippen LogP contribution in [0.15, 0.2) is 6.07 Å². The molecule has 0 aliphatic heterocycles. The number of nitrogens with zero attached hydrogens (tertiary/aromatic N) is 2. The van der Waals surface area contributed by atoms with Gasteiger partial charge in [-0.2, -0.15) is 4.98 Å². The molecule has 0 saturated heterocycles. The van der Waals surface area contributed by atoms with Crippen molar-refractivity contribution in [1.29, 1.82) is 0 Å². The second-order valence-corrected chi connectivity index (χ2v) is 4.81. The van der Waals surface area contributed by atoms with Gasteiger partial charge in [-0.15, -0.1) is 0 Å². The minimum Gasteiger partial charge on any atom is -0.474 e. The largest absolute Gasteiger partial charge is 0.474 e. The summed E-state index contributed by atoms with van der Waals surface area (Å²) in [6.07, 6.45) is 6.43. The van der Waals surface area contributed by atoms with Crippen molar-refractivity contribution < 1.29 is 4.74 Å². The number of aryl methyl sites for hydroxylation is 1. The van der Waals surface area contributed by atoms with E-state index in [1.54, 1.807) is 0 Å². The molecule has 0 bridgehead atoms. The molecule has 4 heteroatoms. The number of hydrogen-bond acceptors (Lipinski definition) is 4. The molecule has 1 aliphatic carbocycles. The van der Waals surface area contributed by atoms with Crippen LogP contribution in [-0.2, 0) is 0 Å². The van der Waals surface area contributed by atoms with Gasteiger partial charge in [0, 0.05) is 11.8 Å². The van der Waals surface area contributed by atoms with Crippen LogP contribution in [0.1, 0.15) is 44.7 Å². The first-order valence-electron chi connectivity index (χ1n) is 6.47. The fourth-order valence-electron chi connectivity index (χ4n) is 2.57. The minimum absolute atomic E-state index is 0.294.